The minimum absolute atomic E-state index is 0.151. The number of carbonyl (C=O) groups is 4. The third-order valence-electron chi connectivity index (χ3n) is 9.75. The van der Waals surface area contributed by atoms with Crippen molar-refractivity contribution in [2.75, 3.05) is 51.3 Å². The molecule has 4 amide bonds. The Labute approximate surface area is 357 Å². The lowest BCUT2D eigenvalue weighted by Gasteiger charge is -2.14. The normalized spacial score (nSPS) is 11.5. The SMILES string of the molecule is CCn1nc(C)cc1C(=O)Nc1nc2cc(C(N)=O)cc(OCCCOC)c2n1C/C=C/Cn1c(NC(=O)c2cc(C)nn2CC)nc2cc(C(N)=O)cc(OCCCOC)c21. The second kappa shape index (κ2) is 20.0. The Bertz CT molecular complexity index is 2460. The van der Waals surface area contributed by atoms with Gasteiger partial charge in [0.1, 0.15) is 33.9 Å². The van der Waals surface area contributed by atoms with Gasteiger partial charge in [0.05, 0.1) is 35.6 Å². The summed E-state index contributed by atoms with van der Waals surface area (Å²) in [6, 6.07) is 9.56. The Balaban J connectivity index is 1.42. The minimum Gasteiger partial charge on any atom is -0.491 e. The van der Waals surface area contributed by atoms with Gasteiger partial charge in [0.25, 0.3) is 11.8 Å². The molecule has 4 heterocycles. The lowest BCUT2D eigenvalue weighted by atomic mass is 10.1. The van der Waals surface area contributed by atoms with Gasteiger partial charge in [0, 0.05) is 77.6 Å². The average Bonchev–Trinajstić information content (AvgIpc) is 4.01. The van der Waals surface area contributed by atoms with Gasteiger partial charge in [-0.2, -0.15) is 10.2 Å². The lowest BCUT2D eigenvalue weighted by molar-refractivity contribution is 0.0991. The molecule has 328 valence electrons. The predicted molar refractivity (Wildman–Crippen MR) is 231 cm³/mol. The number of carbonyl (C=O) groups excluding carboxylic acids is 4. The predicted octanol–water partition coefficient (Wildman–Crippen LogP) is 4.23. The Morgan fingerprint density at radius 2 is 1.03 bits per heavy atom. The Hall–Kier alpha value is -7.06. The van der Waals surface area contributed by atoms with Crippen molar-refractivity contribution in [3.05, 3.63) is 82.5 Å². The summed E-state index contributed by atoms with van der Waals surface area (Å²) in [6.45, 7) is 10.0. The number of anilines is 2. The molecular formula is C42H52N12O8. The summed E-state index contributed by atoms with van der Waals surface area (Å²) in [5.74, 6) is -1.22. The van der Waals surface area contributed by atoms with Crippen LogP contribution in [0.25, 0.3) is 22.1 Å². The number of imidazole rings is 2. The van der Waals surface area contributed by atoms with E-state index in [1.807, 2.05) is 26.0 Å². The number of hydrogen-bond donors (Lipinski definition) is 4. The van der Waals surface area contributed by atoms with E-state index in [9.17, 15) is 19.2 Å². The minimum atomic E-state index is -0.675. The molecule has 0 radical (unpaired) electrons. The molecule has 0 unspecified atom stereocenters. The number of aromatic nitrogens is 8. The van der Waals surface area contributed by atoms with E-state index < -0.39 is 23.6 Å². The van der Waals surface area contributed by atoms with E-state index in [0.29, 0.717) is 95.5 Å². The molecule has 6 rings (SSSR count). The summed E-state index contributed by atoms with van der Waals surface area (Å²) in [5.41, 5.74) is 15.5. The average molecular weight is 853 g/mol. The van der Waals surface area contributed by atoms with Gasteiger partial charge in [-0.25, -0.2) is 9.97 Å². The molecule has 6 N–H and O–H groups in total. The number of fused-ring (bicyclic) bond motifs is 2. The molecule has 2 aromatic carbocycles. The van der Waals surface area contributed by atoms with Gasteiger partial charge in [-0.1, -0.05) is 12.2 Å². The van der Waals surface area contributed by atoms with Crippen molar-refractivity contribution < 1.29 is 38.1 Å². The Kier molecular flexibility index (Phi) is 14.4. The van der Waals surface area contributed by atoms with E-state index in [4.69, 9.17) is 40.4 Å². The monoisotopic (exact) mass is 852 g/mol. The molecule has 0 aliphatic heterocycles. The van der Waals surface area contributed by atoms with Crippen LogP contribution in [0.1, 0.15) is 79.8 Å². The molecule has 20 heteroatoms. The number of nitrogens with zero attached hydrogens (tertiary/aromatic N) is 8. The molecular weight excluding hydrogens is 801 g/mol. The summed E-state index contributed by atoms with van der Waals surface area (Å²) in [5, 5.41) is 14.7. The van der Waals surface area contributed by atoms with Crippen molar-refractivity contribution in [2.24, 2.45) is 11.5 Å². The van der Waals surface area contributed by atoms with Gasteiger partial charge >= 0.3 is 0 Å². The Morgan fingerprint density at radius 3 is 1.39 bits per heavy atom. The number of nitrogens with two attached hydrogens (primary N) is 2. The molecule has 6 aromatic rings. The van der Waals surface area contributed by atoms with Crippen LogP contribution in [0, 0.1) is 13.8 Å². The maximum absolute atomic E-state index is 13.8. The highest BCUT2D eigenvalue weighted by Gasteiger charge is 2.24. The number of ether oxygens (including phenoxy) is 4. The molecule has 20 nitrogen and oxygen atoms in total. The fourth-order valence-corrected chi connectivity index (χ4v) is 6.91. The van der Waals surface area contributed by atoms with Crippen molar-refractivity contribution in [1.29, 1.82) is 0 Å². The number of primary amides is 2. The van der Waals surface area contributed by atoms with Crippen LogP contribution in [-0.2, 0) is 35.7 Å². The maximum atomic E-state index is 13.8. The van der Waals surface area contributed by atoms with Gasteiger partial charge in [0.2, 0.25) is 23.7 Å². The van der Waals surface area contributed by atoms with Crippen molar-refractivity contribution in [1.82, 2.24) is 38.7 Å². The summed E-state index contributed by atoms with van der Waals surface area (Å²) in [7, 11) is 3.19. The number of methoxy groups -OCH3 is 2. The van der Waals surface area contributed by atoms with Gasteiger partial charge in [-0.15, -0.1) is 0 Å². The van der Waals surface area contributed by atoms with Crippen LogP contribution < -0.4 is 31.6 Å². The molecule has 62 heavy (non-hydrogen) atoms. The van der Waals surface area contributed by atoms with E-state index in [-0.39, 0.29) is 49.3 Å². The highest BCUT2D eigenvalue weighted by atomic mass is 16.5. The van der Waals surface area contributed by atoms with E-state index in [2.05, 4.69) is 20.8 Å². The van der Waals surface area contributed by atoms with Gasteiger partial charge in [0.15, 0.2) is 0 Å². The number of nitrogens with one attached hydrogen (secondary N) is 2. The smallest absolute Gasteiger partial charge is 0.276 e. The molecule has 0 fully saturated rings. The van der Waals surface area contributed by atoms with Crippen molar-refractivity contribution in [3.8, 4) is 11.5 Å². The zero-order valence-electron chi connectivity index (χ0n) is 35.7. The Morgan fingerprint density at radius 1 is 0.629 bits per heavy atom. The number of rotatable bonds is 22. The second-order valence-corrected chi connectivity index (χ2v) is 14.2. The summed E-state index contributed by atoms with van der Waals surface area (Å²) in [6.07, 6.45) is 4.82. The largest absolute Gasteiger partial charge is 0.491 e. The molecule has 0 atom stereocenters. The molecule has 4 aromatic heterocycles. The van der Waals surface area contributed by atoms with Crippen LogP contribution in [0.3, 0.4) is 0 Å². The number of benzene rings is 2. The third-order valence-corrected chi connectivity index (χ3v) is 9.75. The first-order valence-electron chi connectivity index (χ1n) is 20.1. The van der Waals surface area contributed by atoms with E-state index in [0.717, 1.165) is 0 Å². The van der Waals surface area contributed by atoms with Gasteiger partial charge in [-0.05, 0) is 64.1 Å². The zero-order valence-corrected chi connectivity index (χ0v) is 35.7. The first-order valence-corrected chi connectivity index (χ1v) is 20.1. The van der Waals surface area contributed by atoms with Crippen LogP contribution in [0.4, 0.5) is 11.9 Å². The maximum Gasteiger partial charge on any atom is 0.276 e. The van der Waals surface area contributed by atoms with Gasteiger partial charge < -0.3 is 39.5 Å². The van der Waals surface area contributed by atoms with Gasteiger partial charge in [-0.3, -0.25) is 39.2 Å². The second-order valence-electron chi connectivity index (χ2n) is 14.2. The van der Waals surface area contributed by atoms with Crippen LogP contribution in [0.5, 0.6) is 11.5 Å². The molecule has 0 saturated heterocycles. The highest BCUT2D eigenvalue weighted by molar-refractivity contribution is 6.05. The fourth-order valence-electron chi connectivity index (χ4n) is 6.91. The molecule has 0 aliphatic rings. The summed E-state index contributed by atoms with van der Waals surface area (Å²) in [4.78, 5) is 61.9. The van der Waals surface area contributed by atoms with Crippen molar-refractivity contribution in [3.63, 3.8) is 0 Å². The van der Waals surface area contributed by atoms with Crippen LogP contribution in [0.15, 0.2) is 48.6 Å². The lowest BCUT2D eigenvalue weighted by Crippen LogP contribution is -2.20. The topological polar surface area (TPSA) is 253 Å². The fraction of sp³-hybridized carbons (Fsp3) is 0.381. The van der Waals surface area contributed by atoms with Crippen LogP contribution >= 0.6 is 0 Å². The number of hydrogen-bond acceptors (Lipinski definition) is 12. The summed E-state index contributed by atoms with van der Waals surface area (Å²) >= 11 is 0. The number of allylic oxidation sites excluding steroid dienone is 2. The number of aryl methyl sites for hydroxylation is 4. The van der Waals surface area contributed by atoms with Crippen molar-refractivity contribution >= 4 is 57.6 Å². The first-order chi connectivity index (χ1) is 29.9. The highest BCUT2D eigenvalue weighted by Crippen LogP contribution is 2.33. The van der Waals surface area contributed by atoms with Crippen LogP contribution in [0.2, 0.25) is 0 Å². The molecule has 0 spiro atoms. The molecule has 0 aliphatic carbocycles. The molecule has 0 bridgehead atoms. The number of amides is 4. The quantitative estimate of drug-likeness (QED) is 0.0553. The third kappa shape index (κ3) is 9.93. The standard InChI is InChI=1S/C42H52N12O8/c1-7-53-31(19-25(3)49-53)39(57)47-41-45-29-21-27(37(43)55)23-33(61-17-11-15-59-5)35(29)51(41)13-9-10-14-52-36-30(22-28(38(44)56)24-34(36)62-18-12-16-60-6)46-42(52)48-40(58)32-20-26(4)50-54(32)8-2/h9-10,19-24H,7-8,11-18H2,1-6H3,(H2,43,55)(H2,44,56)(H,45,47,57)(H,46,48,58)/b10-9+. The first kappa shape index (κ1) is 44.5. The van der Waals surface area contributed by atoms with E-state index in [1.165, 1.54) is 0 Å². The summed E-state index contributed by atoms with van der Waals surface area (Å²) < 4.78 is 29.5. The molecule has 0 saturated carbocycles. The van der Waals surface area contributed by atoms with E-state index in [1.54, 1.807) is 83.0 Å². The zero-order chi connectivity index (χ0) is 44.5. The van der Waals surface area contributed by atoms with Crippen molar-refractivity contribution in [2.45, 2.75) is 66.7 Å². The van der Waals surface area contributed by atoms with E-state index >= 15 is 0 Å². The van der Waals surface area contributed by atoms with Crippen LogP contribution in [-0.4, -0.2) is 103 Å².